The van der Waals surface area contributed by atoms with Crippen LogP contribution in [-0.4, -0.2) is 25.6 Å². The lowest BCUT2D eigenvalue weighted by Gasteiger charge is -2.10. The van der Waals surface area contributed by atoms with Crippen LogP contribution in [0.25, 0.3) is 0 Å². The second-order valence-electron chi connectivity index (χ2n) is 4.31. The number of hydrogen-bond donors (Lipinski definition) is 2. The van der Waals surface area contributed by atoms with E-state index >= 15 is 0 Å². The minimum Gasteiger partial charge on any atom is -0.298 e. The van der Waals surface area contributed by atoms with Crippen molar-refractivity contribution in [3.05, 3.63) is 39.9 Å². The summed E-state index contributed by atoms with van der Waals surface area (Å²) in [4.78, 5) is 16.4. The van der Waals surface area contributed by atoms with Crippen LogP contribution in [0.1, 0.15) is 16.1 Å². The Labute approximate surface area is 131 Å². The van der Waals surface area contributed by atoms with Crippen molar-refractivity contribution in [2.45, 2.75) is 6.92 Å². The average molecular weight is 346 g/mol. The van der Waals surface area contributed by atoms with Gasteiger partial charge >= 0.3 is 0 Å². The van der Waals surface area contributed by atoms with E-state index in [4.69, 9.17) is 11.6 Å². The molecule has 0 radical (unpaired) electrons. The zero-order chi connectivity index (χ0) is 15.6. The van der Waals surface area contributed by atoms with Gasteiger partial charge in [-0.1, -0.05) is 11.6 Å². The van der Waals surface area contributed by atoms with Crippen molar-refractivity contribution >= 4 is 49.7 Å². The lowest BCUT2D eigenvalue weighted by atomic mass is 10.1. The largest absolute Gasteiger partial charge is 0.298 e. The van der Waals surface area contributed by atoms with Gasteiger partial charge in [-0.2, -0.15) is 0 Å². The molecule has 1 aromatic carbocycles. The highest BCUT2D eigenvalue weighted by atomic mass is 35.5. The van der Waals surface area contributed by atoms with Crippen LogP contribution in [0.4, 0.5) is 10.8 Å². The number of nitrogens with zero attached hydrogens (tertiary/aromatic N) is 1. The van der Waals surface area contributed by atoms with E-state index in [1.54, 1.807) is 5.38 Å². The van der Waals surface area contributed by atoms with Crippen LogP contribution >= 0.6 is 22.9 Å². The number of benzene rings is 1. The molecule has 0 unspecified atom stereocenters. The molecule has 0 aliphatic carbocycles. The molecule has 0 saturated carbocycles. The van der Waals surface area contributed by atoms with Crippen molar-refractivity contribution in [1.82, 2.24) is 4.98 Å². The normalized spacial score (nSPS) is 11.2. The molecular weight excluding hydrogens is 334 g/mol. The fourth-order valence-corrected chi connectivity index (χ4v) is 3.00. The third-order valence-electron chi connectivity index (χ3n) is 2.36. The van der Waals surface area contributed by atoms with E-state index in [1.807, 2.05) is 6.92 Å². The van der Waals surface area contributed by atoms with Gasteiger partial charge in [0.05, 0.1) is 23.2 Å². The number of amides is 1. The molecule has 2 aromatic rings. The van der Waals surface area contributed by atoms with Crippen LogP contribution in [0.2, 0.25) is 5.02 Å². The molecule has 21 heavy (non-hydrogen) atoms. The average Bonchev–Trinajstić information content (AvgIpc) is 2.75. The number of sulfonamides is 1. The predicted octanol–water partition coefficient (Wildman–Crippen LogP) is 2.73. The summed E-state index contributed by atoms with van der Waals surface area (Å²) in [6.07, 6.45) is 1.01. The first kappa shape index (κ1) is 15.7. The standard InChI is InChI=1S/C12H12ClN3O3S2/c1-7-6-20-12(14-7)15-11(17)9-5-8(13)3-4-10(9)16-21(2,18)19/h3-6,16H,1-2H3,(H,14,15,17). The second-order valence-corrected chi connectivity index (χ2v) is 7.36. The first-order valence-corrected chi connectivity index (χ1v) is 8.90. The third kappa shape index (κ3) is 4.42. The van der Waals surface area contributed by atoms with E-state index in [0.717, 1.165) is 11.9 Å². The van der Waals surface area contributed by atoms with E-state index in [9.17, 15) is 13.2 Å². The molecule has 0 atom stereocenters. The van der Waals surface area contributed by atoms with Crippen LogP contribution in [0.15, 0.2) is 23.6 Å². The first-order valence-electron chi connectivity index (χ1n) is 5.75. The van der Waals surface area contributed by atoms with Crippen molar-refractivity contribution in [1.29, 1.82) is 0 Å². The summed E-state index contributed by atoms with van der Waals surface area (Å²) in [5.74, 6) is -0.488. The summed E-state index contributed by atoms with van der Waals surface area (Å²) in [6, 6.07) is 4.33. The summed E-state index contributed by atoms with van der Waals surface area (Å²) < 4.78 is 25.0. The topological polar surface area (TPSA) is 88.2 Å². The molecule has 1 amide bonds. The van der Waals surface area contributed by atoms with Crippen molar-refractivity contribution in [2.24, 2.45) is 0 Å². The Morgan fingerprint density at radius 1 is 1.38 bits per heavy atom. The molecular formula is C12H12ClN3O3S2. The number of carbonyl (C=O) groups excluding carboxylic acids is 1. The number of halogens is 1. The van der Waals surface area contributed by atoms with Crippen molar-refractivity contribution in [3.63, 3.8) is 0 Å². The molecule has 0 fully saturated rings. The van der Waals surface area contributed by atoms with Crippen molar-refractivity contribution < 1.29 is 13.2 Å². The van der Waals surface area contributed by atoms with Gasteiger partial charge < -0.3 is 0 Å². The van der Waals surface area contributed by atoms with Gasteiger partial charge in [-0.3, -0.25) is 14.8 Å². The van der Waals surface area contributed by atoms with E-state index in [1.165, 1.54) is 29.5 Å². The van der Waals surface area contributed by atoms with Gasteiger partial charge in [0.2, 0.25) is 10.0 Å². The SMILES string of the molecule is Cc1csc(NC(=O)c2cc(Cl)ccc2NS(C)(=O)=O)n1. The fourth-order valence-electron chi connectivity index (χ4n) is 1.57. The Hall–Kier alpha value is -1.64. The summed E-state index contributed by atoms with van der Waals surface area (Å²) in [5.41, 5.74) is 1.07. The number of anilines is 2. The zero-order valence-electron chi connectivity index (χ0n) is 11.2. The molecule has 2 rings (SSSR count). The van der Waals surface area contributed by atoms with Crippen LogP contribution in [0.5, 0.6) is 0 Å². The van der Waals surface area contributed by atoms with Crippen LogP contribution < -0.4 is 10.0 Å². The highest BCUT2D eigenvalue weighted by molar-refractivity contribution is 7.92. The fraction of sp³-hybridized carbons (Fsp3) is 0.167. The predicted molar refractivity (Wildman–Crippen MR) is 84.7 cm³/mol. The third-order valence-corrected chi connectivity index (χ3v) is 4.06. The van der Waals surface area contributed by atoms with Gasteiger partial charge in [-0.05, 0) is 25.1 Å². The molecule has 2 N–H and O–H groups in total. The summed E-state index contributed by atoms with van der Waals surface area (Å²) in [7, 11) is -3.50. The minimum absolute atomic E-state index is 0.126. The molecule has 0 bridgehead atoms. The van der Waals surface area contributed by atoms with Gasteiger partial charge in [0.25, 0.3) is 5.91 Å². The summed E-state index contributed by atoms with van der Waals surface area (Å²) in [6.45, 7) is 1.81. The molecule has 9 heteroatoms. The van der Waals surface area contributed by atoms with Crippen molar-refractivity contribution in [3.8, 4) is 0 Å². The number of carbonyl (C=O) groups is 1. The minimum atomic E-state index is -3.50. The molecule has 1 heterocycles. The van der Waals surface area contributed by atoms with E-state index in [0.29, 0.717) is 10.2 Å². The number of nitrogens with one attached hydrogen (secondary N) is 2. The second kappa shape index (κ2) is 6.00. The highest BCUT2D eigenvalue weighted by Gasteiger charge is 2.16. The maximum absolute atomic E-state index is 12.2. The molecule has 0 saturated heterocycles. The Morgan fingerprint density at radius 2 is 2.10 bits per heavy atom. The lowest BCUT2D eigenvalue weighted by molar-refractivity contribution is 0.102. The number of rotatable bonds is 4. The number of thiazole rings is 1. The Morgan fingerprint density at radius 3 is 2.67 bits per heavy atom. The number of hydrogen-bond acceptors (Lipinski definition) is 5. The maximum Gasteiger partial charge on any atom is 0.259 e. The van der Waals surface area contributed by atoms with Gasteiger partial charge in [-0.25, -0.2) is 13.4 Å². The van der Waals surface area contributed by atoms with E-state index in [2.05, 4.69) is 15.0 Å². The van der Waals surface area contributed by atoms with Gasteiger partial charge in [0.15, 0.2) is 5.13 Å². The molecule has 1 aromatic heterocycles. The lowest BCUT2D eigenvalue weighted by Crippen LogP contribution is -2.17. The zero-order valence-corrected chi connectivity index (χ0v) is 13.6. The number of aryl methyl sites for hydroxylation is 1. The number of aromatic nitrogens is 1. The highest BCUT2D eigenvalue weighted by Crippen LogP contribution is 2.23. The molecule has 6 nitrogen and oxygen atoms in total. The monoisotopic (exact) mass is 345 g/mol. The van der Waals surface area contributed by atoms with Crippen LogP contribution in [0, 0.1) is 6.92 Å². The molecule has 0 aliphatic heterocycles. The van der Waals surface area contributed by atoms with Crippen LogP contribution in [0.3, 0.4) is 0 Å². The Balaban J connectivity index is 2.32. The smallest absolute Gasteiger partial charge is 0.259 e. The van der Waals surface area contributed by atoms with Crippen LogP contribution in [-0.2, 0) is 10.0 Å². The first-order chi connectivity index (χ1) is 9.74. The molecule has 112 valence electrons. The Kier molecular flexibility index (Phi) is 4.50. The van der Waals surface area contributed by atoms with Gasteiger partial charge in [0.1, 0.15) is 0 Å². The Bertz CT molecular complexity index is 787. The quantitative estimate of drug-likeness (QED) is 0.891. The van der Waals surface area contributed by atoms with Crippen molar-refractivity contribution in [2.75, 3.05) is 16.3 Å². The van der Waals surface area contributed by atoms with E-state index < -0.39 is 15.9 Å². The summed E-state index contributed by atoms with van der Waals surface area (Å²) >= 11 is 7.15. The summed E-state index contributed by atoms with van der Waals surface area (Å²) in [5, 5.41) is 5.16. The van der Waals surface area contributed by atoms with Gasteiger partial charge in [-0.15, -0.1) is 11.3 Å². The van der Waals surface area contributed by atoms with Gasteiger partial charge in [0, 0.05) is 10.4 Å². The van der Waals surface area contributed by atoms with E-state index in [-0.39, 0.29) is 11.3 Å². The molecule has 0 spiro atoms. The maximum atomic E-state index is 12.2. The molecule has 0 aliphatic rings.